The number of fused-ring (bicyclic) bond motifs is 2. The van der Waals surface area contributed by atoms with Crippen molar-refractivity contribution in [1.82, 2.24) is 19.6 Å². The summed E-state index contributed by atoms with van der Waals surface area (Å²) in [4.78, 5) is 48.2. The number of aryl methyl sites for hydroxylation is 1. The zero-order valence-electron chi connectivity index (χ0n) is 20.6. The molecule has 3 aromatic rings. The van der Waals surface area contributed by atoms with E-state index in [1.54, 1.807) is 12.4 Å². The Hall–Kier alpha value is -3.66. The number of carbonyl (C=O) groups excluding carboxylic acids is 3. The summed E-state index contributed by atoms with van der Waals surface area (Å²) in [6.45, 7) is 1.98. The number of oxime groups is 1. The maximum Gasteiger partial charge on any atom is 0.276 e. The Morgan fingerprint density at radius 1 is 1.44 bits per heavy atom. The van der Waals surface area contributed by atoms with Gasteiger partial charge in [0, 0.05) is 23.9 Å². The van der Waals surface area contributed by atoms with E-state index in [1.165, 1.54) is 18.9 Å². The van der Waals surface area contributed by atoms with Gasteiger partial charge in [0.25, 0.3) is 11.8 Å². The van der Waals surface area contributed by atoms with E-state index in [0.717, 1.165) is 33.1 Å². The Balaban J connectivity index is 1.38. The van der Waals surface area contributed by atoms with Crippen molar-refractivity contribution in [2.75, 3.05) is 18.6 Å². The standard InChI is InChI=1S/C23H22ClN7O6S2/c1-10-13-4-3-12(8-32)30(13)6-5-29(10)7-11-9-38-21-16(20(34)31(21)17(11)22(35)36)26-19(33)15(28-37-2)14-18(24)39-23(25)27-14/h3-6,16,21,32H,7-9H2,1-2H3,(H3-,25,26,27,33,35,36)/b28-15-/t16-,21+/m1/s1. The Kier molecular flexibility index (Phi) is 7.24. The summed E-state index contributed by atoms with van der Waals surface area (Å²) in [5.41, 5.74) is 8.12. The number of hydrogen-bond acceptors (Lipinski definition) is 11. The summed E-state index contributed by atoms with van der Waals surface area (Å²) in [5, 5.41) is 27.5. The number of aliphatic hydroxyl groups is 1. The maximum atomic E-state index is 13.1. The van der Waals surface area contributed by atoms with Crippen molar-refractivity contribution < 1.29 is 34.0 Å². The molecule has 2 atom stereocenters. The van der Waals surface area contributed by atoms with Crippen LogP contribution in [0.2, 0.25) is 4.34 Å². The molecule has 5 heterocycles. The number of β-lactam (4-membered cyclic amide) rings is 1. The molecule has 39 heavy (non-hydrogen) atoms. The van der Waals surface area contributed by atoms with Gasteiger partial charge >= 0.3 is 0 Å². The minimum Gasteiger partial charge on any atom is -0.543 e. The molecule has 0 spiro atoms. The number of nitrogens with zero attached hydrogens (tertiary/aromatic N) is 5. The van der Waals surface area contributed by atoms with Crippen LogP contribution in [0.4, 0.5) is 5.13 Å². The van der Waals surface area contributed by atoms with Crippen molar-refractivity contribution >= 4 is 68.8 Å². The van der Waals surface area contributed by atoms with Crippen LogP contribution < -0.4 is 20.7 Å². The third kappa shape index (κ3) is 4.60. The molecular formula is C23H22ClN7O6S2. The van der Waals surface area contributed by atoms with Gasteiger partial charge in [-0.1, -0.05) is 28.1 Å². The van der Waals surface area contributed by atoms with Gasteiger partial charge in [-0.2, -0.15) is 4.57 Å². The van der Waals surface area contributed by atoms with Crippen LogP contribution in [0, 0.1) is 6.92 Å². The van der Waals surface area contributed by atoms with Crippen LogP contribution in [0.3, 0.4) is 0 Å². The summed E-state index contributed by atoms with van der Waals surface area (Å²) in [5.74, 6) is -2.57. The van der Waals surface area contributed by atoms with Crippen molar-refractivity contribution in [3.8, 4) is 0 Å². The lowest BCUT2D eigenvalue weighted by atomic mass is 10.0. The van der Waals surface area contributed by atoms with E-state index >= 15 is 0 Å². The van der Waals surface area contributed by atoms with Crippen molar-refractivity contribution in [2.45, 2.75) is 31.5 Å². The summed E-state index contributed by atoms with van der Waals surface area (Å²) in [7, 11) is 1.24. The molecule has 1 saturated heterocycles. The molecule has 13 nitrogen and oxygen atoms in total. The van der Waals surface area contributed by atoms with Crippen molar-refractivity contribution in [2.24, 2.45) is 5.16 Å². The van der Waals surface area contributed by atoms with Gasteiger partial charge in [0.05, 0.1) is 24.5 Å². The van der Waals surface area contributed by atoms with E-state index in [1.807, 2.05) is 28.0 Å². The monoisotopic (exact) mass is 591 g/mol. The van der Waals surface area contributed by atoms with Crippen LogP contribution in [0.1, 0.15) is 17.1 Å². The number of aromatic nitrogens is 3. The van der Waals surface area contributed by atoms with E-state index < -0.39 is 29.2 Å². The lowest BCUT2D eigenvalue weighted by molar-refractivity contribution is -0.694. The van der Waals surface area contributed by atoms with E-state index in [9.17, 15) is 24.6 Å². The SMILES string of the molecule is CO/N=C(\C(=O)N[C@@H]1C(=O)N2C(C(=O)[O-])=C(C[n+]3ccn4c(CO)ccc4c3C)CS[C@@H]12)c1nc(N)sc1Cl. The fourth-order valence-electron chi connectivity index (χ4n) is 4.62. The smallest absolute Gasteiger partial charge is 0.276 e. The van der Waals surface area contributed by atoms with Gasteiger partial charge in [0.2, 0.25) is 5.69 Å². The molecule has 2 amide bonds. The third-order valence-electron chi connectivity index (χ3n) is 6.47. The van der Waals surface area contributed by atoms with Gasteiger partial charge in [0.1, 0.15) is 34.1 Å². The van der Waals surface area contributed by atoms with Gasteiger partial charge in [-0.25, -0.2) is 4.98 Å². The highest BCUT2D eigenvalue weighted by molar-refractivity contribution is 8.00. The molecule has 1 fully saturated rings. The zero-order chi connectivity index (χ0) is 28.0. The van der Waals surface area contributed by atoms with E-state index in [-0.39, 0.29) is 45.5 Å². The molecule has 0 radical (unpaired) electrons. The Bertz CT molecular complexity index is 1580. The Morgan fingerprint density at radius 3 is 2.85 bits per heavy atom. The summed E-state index contributed by atoms with van der Waals surface area (Å²) in [6, 6.07) is 2.67. The second-order valence-corrected chi connectivity index (χ2v) is 11.4. The van der Waals surface area contributed by atoms with Crippen molar-refractivity contribution in [3.63, 3.8) is 0 Å². The fraction of sp³-hybridized carbons (Fsp3) is 0.304. The highest BCUT2D eigenvalue weighted by atomic mass is 35.5. The van der Waals surface area contributed by atoms with Gasteiger partial charge in [-0.05, 0) is 12.1 Å². The van der Waals surface area contributed by atoms with Gasteiger partial charge < -0.3 is 35.3 Å². The molecule has 4 N–H and O–H groups in total. The molecule has 2 aliphatic rings. The minimum absolute atomic E-state index is 0.00880. The molecule has 0 aliphatic carbocycles. The zero-order valence-corrected chi connectivity index (χ0v) is 23.0. The van der Waals surface area contributed by atoms with Crippen molar-refractivity contribution in [3.05, 3.63) is 57.2 Å². The fourth-order valence-corrected chi connectivity index (χ4v) is 6.89. The number of anilines is 1. The average Bonchev–Trinajstić information content (AvgIpc) is 3.48. The highest BCUT2D eigenvalue weighted by Gasteiger charge is 2.53. The first-order valence-corrected chi connectivity index (χ1v) is 13.7. The van der Waals surface area contributed by atoms with Crippen LogP contribution in [0.5, 0.6) is 0 Å². The second-order valence-electron chi connectivity index (χ2n) is 8.65. The maximum absolute atomic E-state index is 13.1. The van der Waals surface area contributed by atoms with Crippen LogP contribution >= 0.6 is 34.7 Å². The number of nitrogens with two attached hydrogens (primary N) is 1. The van der Waals surface area contributed by atoms with Crippen LogP contribution in [0.25, 0.3) is 5.52 Å². The van der Waals surface area contributed by atoms with Crippen LogP contribution in [-0.2, 0) is 32.4 Å². The van der Waals surface area contributed by atoms with E-state index in [2.05, 4.69) is 15.5 Å². The lowest BCUT2D eigenvalue weighted by Gasteiger charge is -2.50. The van der Waals surface area contributed by atoms with Gasteiger partial charge in [-0.3, -0.25) is 14.5 Å². The first kappa shape index (κ1) is 26.9. The molecule has 2 aliphatic heterocycles. The second kappa shape index (κ2) is 10.5. The number of amides is 2. The summed E-state index contributed by atoms with van der Waals surface area (Å²) in [6.07, 6.45) is 3.57. The number of carboxylic acid groups (broad SMARTS) is 1. The number of hydrogen-bond donors (Lipinski definition) is 3. The lowest BCUT2D eigenvalue weighted by Crippen LogP contribution is -2.71. The normalized spacial score (nSPS) is 19.2. The number of aliphatic carboxylic acids is 1. The first-order valence-electron chi connectivity index (χ1n) is 11.5. The van der Waals surface area contributed by atoms with Crippen LogP contribution in [0.15, 0.2) is 41.0 Å². The van der Waals surface area contributed by atoms with E-state index in [0.29, 0.717) is 5.57 Å². The Morgan fingerprint density at radius 2 is 2.21 bits per heavy atom. The quantitative estimate of drug-likeness (QED) is 0.130. The van der Waals surface area contributed by atoms with Crippen molar-refractivity contribution in [1.29, 1.82) is 0 Å². The highest BCUT2D eigenvalue weighted by Crippen LogP contribution is 2.40. The molecule has 204 valence electrons. The molecule has 5 rings (SSSR count). The van der Waals surface area contributed by atoms with Gasteiger partial charge in [-0.15, -0.1) is 11.8 Å². The van der Waals surface area contributed by atoms with Gasteiger partial charge in [0.15, 0.2) is 23.6 Å². The third-order valence-corrected chi connectivity index (χ3v) is 8.90. The molecule has 0 aromatic carbocycles. The molecule has 0 unspecified atom stereocenters. The minimum atomic E-state index is -1.48. The number of nitrogen functional groups attached to an aromatic ring is 1. The molecular weight excluding hydrogens is 570 g/mol. The number of rotatable bonds is 8. The number of carbonyl (C=O) groups is 3. The number of thiazole rings is 1. The Labute approximate surface area is 234 Å². The number of halogens is 1. The predicted octanol–water partition coefficient (Wildman–Crippen LogP) is -0.826. The predicted molar refractivity (Wildman–Crippen MR) is 140 cm³/mol. The number of thioether (sulfide) groups is 1. The largest absolute Gasteiger partial charge is 0.543 e. The average molecular weight is 592 g/mol. The summed E-state index contributed by atoms with van der Waals surface area (Å²) < 4.78 is 3.85. The summed E-state index contributed by atoms with van der Waals surface area (Å²) >= 11 is 8.39. The number of nitrogens with one attached hydrogen (secondary N) is 1. The van der Waals surface area contributed by atoms with E-state index in [4.69, 9.17) is 22.2 Å². The number of aliphatic hydroxyl groups excluding tert-OH is 1. The molecule has 3 aromatic heterocycles. The topological polar surface area (TPSA) is 179 Å². The van der Waals surface area contributed by atoms with Crippen LogP contribution in [-0.4, -0.2) is 67.2 Å². The molecule has 16 heteroatoms. The molecule has 0 saturated carbocycles. The number of carboxylic acids is 1. The molecule has 0 bridgehead atoms. The first-order chi connectivity index (χ1) is 18.7.